The highest BCUT2D eigenvalue weighted by Crippen LogP contribution is 2.35. The van der Waals surface area contributed by atoms with E-state index >= 15 is 0 Å². The Labute approximate surface area is 215 Å². The summed E-state index contributed by atoms with van der Waals surface area (Å²) in [4.78, 5) is 29.7. The highest BCUT2D eigenvalue weighted by Gasteiger charge is 2.34. The first-order valence-electron chi connectivity index (χ1n) is 11.4. The van der Waals surface area contributed by atoms with Gasteiger partial charge >= 0.3 is 12.1 Å². The van der Waals surface area contributed by atoms with Crippen LogP contribution < -0.4 is 0 Å². The molecule has 1 fully saturated rings. The van der Waals surface area contributed by atoms with Crippen molar-refractivity contribution < 1.29 is 27.9 Å². The lowest BCUT2D eigenvalue weighted by atomic mass is 9.93. The Morgan fingerprint density at radius 3 is 2.42 bits per heavy atom. The monoisotopic (exact) mass is 541 g/mol. The van der Waals surface area contributed by atoms with E-state index in [1.807, 2.05) is 0 Å². The van der Waals surface area contributed by atoms with Gasteiger partial charge in [0.05, 0.1) is 28.2 Å². The summed E-state index contributed by atoms with van der Waals surface area (Å²) in [6.07, 6.45) is -1.60. The molecular weight excluding hydrogens is 518 g/mol. The molecule has 0 radical (unpaired) electrons. The summed E-state index contributed by atoms with van der Waals surface area (Å²) >= 11 is 13.1. The number of hydrogen-bond acceptors (Lipinski definition) is 3. The summed E-state index contributed by atoms with van der Waals surface area (Å²) in [5.41, 5.74) is 1.54. The number of fused-ring (bicyclic) bond motifs is 1. The zero-order chi connectivity index (χ0) is 26.4. The highest BCUT2D eigenvalue weighted by atomic mass is 35.5. The predicted molar refractivity (Wildman–Crippen MR) is 131 cm³/mol. The van der Waals surface area contributed by atoms with Gasteiger partial charge in [-0.15, -0.1) is 0 Å². The summed E-state index contributed by atoms with van der Waals surface area (Å²) in [5, 5.41) is 9.51. The Hall–Kier alpha value is -2.78. The van der Waals surface area contributed by atoms with Crippen molar-refractivity contribution in [3.05, 3.63) is 62.4 Å². The van der Waals surface area contributed by atoms with Gasteiger partial charge in [0.2, 0.25) is 0 Å². The number of rotatable bonds is 5. The molecule has 11 heteroatoms. The number of piperidine rings is 1. The number of carbonyl (C=O) groups is 2. The summed E-state index contributed by atoms with van der Waals surface area (Å²) in [6, 6.07) is 4.15. The first kappa shape index (κ1) is 26.3. The van der Waals surface area contributed by atoms with E-state index < -0.39 is 17.8 Å². The number of aromatic nitrogens is 2. The minimum atomic E-state index is -4.56. The van der Waals surface area contributed by atoms with Crippen LogP contribution in [-0.2, 0) is 17.5 Å². The van der Waals surface area contributed by atoms with Gasteiger partial charge in [0.1, 0.15) is 5.69 Å². The van der Waals surface area contributed by atoms with Gasteiger partial charge in [0, 0.05) is 36.3 Å². The summed E-state index contributed by atoms with van der Waals surface area (Å²) in [6.45, 7) is 4.27. The molecule has 3 heterocycles. The van der Waals surface area contributed by atoms with Crippen LogP contribution in [0.4, 0.5) is 13.2 Å². The normalized spacial score (nSPS) is 15.0. The molecule has 1 N–H and O–H groups in total. The second-order valence-electron chi connectivity index (χ2n) is 9.18. The maximum atomic E-state index is 13.3. The van der Waals surface area contributed by atoms with Gasteiger partial charge in [0.25, 0.3) is 5.91 Å². The van der Waals surface area contributed by atoms with Crippen LogP contribution in [0.3, 0.4) is 0 Å². The smallest absolute Gasteiger partial charge is 0.433 e. The molecule has 36 heavy (non-hydrogen) atoms. The quantitative estimate of drug-likeness (QED) is 0.408. The first-order chi connectivity index (χ1) is 16.9. The molecule has 0 saturated carbocycles. The largest absolute Gasteiger partial charge is 0.481 e. The van der Waals surface area contributed by atoms with E-state index in [-0.39, 0.29) is 40.9 Å². The van der Waals surface area contributed by atoms with Crippen LogP contribution in [0, 0.1) is 19.8 Å². The van der Waals surface area contributed by atoms with Crippen LogP contribution in [0.25, 0.3) is 11.0 Å². The second-order valence-corrected chi connectivity index (χ2v) is 9.97. The third kappa shape index (κ3) is 5.18. The third-order valence-electron chi connectivity index (χ3n) is 6.59. The van der Waals surface area contributed by atoms with E-state index in [4.69, 9.17) is 28.3 Å². The molecule has 0 unspecified atom stereocenters. The van der Waals surface area contributed by atoms with E-state index in [9.17, 15) is 22.8 Å². The fourth-order valence-electron chi connectivity index (χ4n) is 4.77. The van der Waals surface area contributed by atoms with E-state index in [1.165, 1.54) is 0 Å². The Morgan fingerprint density at radius 2 is 1.81 bits per heavy atom. The maximum absolute atomic E-state index is 13.3. The molecule has 192 valence electrons. The van der Waals surface area contributed by atoms with Gasteiger partial charge < -0.3 is 14.6 Å². The van der Waals surface area contributed by atoms with Gasteiger partial charge in [-0.2, -0.15) is 13.2 Å². The van der Waals surface area contributed by atoms with Crippen LogP contribution in [0.1, 0.15) is 52.0 Å². The number of benzene rings is 1. The van der Waals surface area contributed by atoms with Crippen LogP contribution in [0.5, 0.6) is 0 Å². The molecule has 0 spiro atoms. The van der Waals surface area contributed by atoms with Gasteiger partial charge in [-0.05, 0) is 61.9 Å². The first-order valence-corrected chi connectivity index (χ1v) is 12.1. The molecule has 1 aliphatic heterocycles. The van der Waals surface area contributed by atoms with E-state index in [0.717, 1.165) is 6.07 Å². The number of likely N-dealkylation sites (tertiary alicyclic amines) is 1. The molecule has 1 saturated heterocycles. The molecule has 0 atom stereocenters. The zero-order valence-corrected chi connectivity index (χ0v) is 21.1. The Balaban J connectivity index is 1.64. The molecule has 0 bridgehead atoms. The van der Waals surface area contributed by atoms with Crippen LogP contribution >= 0.6 is 23.2 Å². The number of hydrogen-bond donors (Lipinski definition) is 1. The molecule has 0 aliphatic carbocycles. The van der Waals surface area contributed by atoms with Gasteiger partial charge in [-0.1, -0.05) is 23.2 Å². The molecule has 2 aromatic heterocycles. The minimum absolute atomic E-state index is 0.0303. The summed E-state index contributed by atoms with van der Waals surface area (Å²) in [7, 11) is 0. The van der Waals surface area contributed by atoms with Crippen LogP contribution in [-0.4, -0.2) is 44.5 Å². The number of carbonyl (C=O) groups excluding carboxylic acids is 1. The molecule has 6 nitrogen and oxygen atoms in total. The maximum Gasteiger partial charge on any atom is 0.433 e. The van der Waals surface area contributed by atoms with Gasteiger partial charge in [0.15, 0.2) is 0 Å². The number of carboxylic acids is 1. The lowest BCUT2D eigenvalue weighted by molar-refractivity contribution is -0.141. The van der Waals surface area contributed by atoms with Crippen molar-refractivity contribution in [2.24, 2.45) is 5.92 Å². The Kier molecular flexibility index (Phi) is 7.26. The van der Waals surface area contributed by atoms with E-state index in [1.54, 1.807) is 41.6 Å². The Bertz CT molecular complexity index is 1350. The topological polar surface area (TPSA) is 75.4 Å². The van der Waals surface area contributed by atoms with Crippen molar-refractivity contribution in [3.8, 4) is 0 Å². The second kappa shape index (κ2) is 9.94. The highest BCUT2D eigenvalue weighted by molar-refractivity contribution is 6.38. The SMILES string of the molecule is Cc1cn(Cc2c(Cl)ccc(C(=O)N3CCC(CC(=O)O)CC3)c2Cl)c2c(C)cc(C(F)(F)F)nc12. The molecular formula is C25H24Cl2F3N3O3. The predicted octanol–water partition coefficient (Wildman–Crippen LogP) is 6.35. The number of aryl methyl sites for hydroxylation is 2. The number of aliphatic carboxylic acids is 1. The number of pyridine rings is 1. The van der Waals surface area contributed by atoms with Crippen molar-refractivity contribution in [1.82, 2.24) is 14.5 Å². The number of halogens is 5. The minimum Gasteiger partial charge on any atom is -0.481 e. The molecule has 1 aliphatic rings. The van der Waals surface area contributed by atoms with Crippen LogP contribution in [0.2, 0.25) is 10.0 Å². The van der Waals surface area contributed by atoms with Crippen LogP contribution in [0.15, 0.2) is 24.4 Å². The fraction of sp³-hybridized carbons (Fsp3) is 0.400. The van der Waals surface area contributed by atoms with Gasteiger partial charge in [-0.3, -0.25) is 9.59 Å². The fourth-order valence-corrected chi connectivity index (χ4v) is 5.34. The number of alkyl halides is 3. The number of nitrogens with zero attached hydrogens (tertiary/aromatic N) is 3. The molecule has 4 rings (SSSR count). The lowest BCUT2D eigenvalue weighted by Gasteiger charge is -2.31. The van der Waals surface area contributed by atoms with Crippen molar-refractivity contribution in [2.45, 2.75) is 45.8 Å². The summed E-state index contributed by atoms with van der Waals surface area (Å²) < 4.78 is 41.6. The molecule has 1 amide bonds. The number of amides is 1. The summed E-state index contributed by atoms with van der Waals surface area (Å²) in [5.74, 6) is -1.09. The zero-order valence-electron chi connectivity index (χ0n) is 19.6. The van der Waals surface area contributed by atoms with Gasteiger partial charge in [-0.25, -0.2) is 4.98 Å². The van der Waals surface area contributed by atoms with E-state index in [0.29, 0.717) is 53.2 Å². The van der Waals surface area contributed by atoms with Crippen molar-refractivity contribution in [3.63, 3.8) is 0 Å². The van der Waals surface area contributed by atoms with Crippen molar-refractivity contribution in [2.75, 3.05) is 13.1 Å². The van der Waals surface area contributed by atoms with Crippen molar-refractivity contribution >= 4 is 46.1 Å². The Morgan fingerprint density at radius 1 is 1.14 bits per heavy atom. The standard InChI is InChI=1S/C25H24Cl2F3N3O3/c1-13-9-19(25(28,29)30)31-22-14(2)11-33(23(13)22)12-17-18(26)4-3-16(21(17)27)24(36)32-7-5-15(6-8-32)10-20(34)35/h3-4,9,11,15H,5-8,10,12H2,1-2H3,(H,34,35). The molecule has 1 aromatic carbocycles. The number of carboxylic acid groups (broad SMARTS) is 1. The molecule has 3 aromatic rings. The van der Waals surface area contributed by atoms with Crippen molar-refractivity contribution in [1.29, 1.82) is 0 Å². The third-order valence-corrected chi connectivity index (χ3v) is 7.38. The average molecular weight is 542 g/mol. The van der Waals surface area contributed by atoms with E-state index in [2.05, 4.69) is 4.98 Å². The lowest BCUT2D eigenvalue weighted by Crippen LogP contribution is -2.39. The average Bonchev–Trinajstić information content (AvgIpc) is 3.11.